The minimum absolute atomic E-state index is 0.125. The third kappa shape index (κ3) is 6.47. The first-order chi connectivity index (χ1) is 14.9. The van der Waals surface area contributed by atoms with Crippen molar-refractivity contribution in [2.45, 2.75) is 27.3 Å². The van der Waals surface area contributed by atoms with Gasteiger partial charge in [-0.25, -0.2) is 4.39 Å². The van der Waals surface area contributed by atoms with Gasteiger partial charge in [-0.3, -0.25) is 4.79 Å². The molecule has 0 spiro atoms. The van der Waals surface area contributed by atoms with Crippen LogP contribution in [0.25, 0.3) is 0 Å². The number of carbonyl (C=O) groups excluding carboxylic acids is 1. The molecular formula is C25H27FN2O3. The monoisotopic (exact) mass is 422 g/mol. The second-order valence-electron chi connectivity index (χ2n) is 7.21. The molecule has 1 amide bonds. The lowest BCUT2D eigenvalue weighted by Gasteiger charge is -2.14. The molecule has 0 heterocycles. The third-order valence-electron chi connectivity index (χ3n) is 4.80. The first-order valence-electron chi connectivity index (χ1n) is 10.2. The zero-order chi connectivity index (χ0) is 22.2. The summed E-state index contributed by atoms with van der Waals surface area (Å²) in [5.74, 6) is 0.558. The number of rotatable bonds is 9. The van der Waals surface area contributed by atoms with Crippen molar-refractivity contribution in [2.24, 2.45) is 0 Å². The van der Waals surface area contributed by atoms with Gasteiger partial charge in [-0.1, -0.05) is 12.1 Å². The third-order valence-corrected chi connectivity index (χ3v) is 4.80. The van der Waals surface area contributed by atoms with Gasteiger partial charge in [0.1, 0.15) is 5.82 Å². The van der Waals surface area contributed by atoms with Gasteiger partial charge < -0.3 is 20.1 Å². The van der Waals surface area contributed by atoms with Crippen molar-refractivity contribution in [3.05, 3.63) is 83.2 Å². The van der Waals surface area contributed by atoms with Crippen molar-refractivity contribution >= 4 is 17.3 Å². The van der Waals surface area contributed by atoms with Crippen molar-refractivity contribution < 1.29 is 18.7 Å². The Hall–Kier alpha value is -3.54. The highest BCUT2D eigenvalue weighted by molar-refractivity contribution is 5.92. The molecule has 0 saturated carbocycles. The second-order valence-corrected chi connectivity index (χ2v) is 7.21. The number of amides is 1. The number of halogens is 1. The maximum absolute atomic E-state index is 13.0. The van der Waals surface area contributed by atoms with E-state index in [1.165, 1.54) is 17.7 Å². The molecule has 0 unspecified atom stereocenters. The van der Waals surface area contributed by atoms with Crippen molar-refractivity contribution in [3.8, 4) is 11.5 Å². The molecular weight excluding hydrogens is 395 g/mol. The zero-order valence-corrected chi connectivity index (χ0v) is 18.0. The largest absolute Gasteiger partial charge is 0.490 e. The number of hydrogen-bond acceptors (Lipinski definition) is 4. The Morgan fingerprint density at radius 3 is 2.32 bits per heavy atom. The van der Waals surface area contributed by atoms with Gasteiger partial charge in [-0.2, -0.15) is 0 Å². The molecule has 3 aromatic carbocycles. The van der Waals surface area contributed by atoms with E-state index in [1.807, 2.05) is 51.1 Å². The molecule has 0 atom stereocenters. The summed E-state index contributed by atoms with van der Waals surface area (Å²) in [7, 11) is 0. The van der Waals surface area contributed by atoms with Gasteiger partial charge in [-0.05, 0) is 86.0 Å². The van der Waals surface area contributed by atoms with Crippen LogP contribution < -0.4 is 20.1 Å². The number of benzene rings is 3. The molecule has 31 heavy (non-hydrogen) atoms. The first-order valence-corrected chi connectivity index (χ1v) is 10.2. The predicted molar refractivity (Wildman–Crippen MR) is 121 cm³/mol. The molecule has 0 aliphatic heterocycles. The minimum atomic E-state index is -0.271. The van der Waals surface area contributed by atoms with Crippen LogP contribution in [0, 0.1) is 19.7 Å². The number of aryl methyl sites for hydroxylation is 2. The van der Waals surface area contributed by atoms with Crippen LogP contribution in [-0.2, 0) is 11.3 Å². The lowest BCUT2D eigenvalue weighted by atomic mass is 10.1. The molecule has 6 heteroatoms. The second kappa shape index (κ2) is 10.5. The van der Waals surface area contributed by atoms with Crippen LogP contribution in [0.1, 0.15) is 23.6 Å². The number of carbonyl (C=O) groups is 1. The molecule has 0 fully saturated rings. The van der Waals surface area contributed by atoms with Crippen LogP contribution in [-0.4, -0.2) is 19.1 Å². The van der Waals surface area contributed by atoms with Crippen molar-refractivity contribution in [2.75, 3.05) is 23.8 Å². The van der Waals surface area contributed by atoms with Gasteiger partial charge >= 0.3 is 0 Å². The van der Waals surface area contributed by atoms with E-state index in [9.17, 15) is 9.18 Å². The number of ether oxygens (including phenoxy) is 2. The van der Waals surface area contributed by atoms with E-state index in [2.05, 4.69) is 10.6 Å². The smallest absolute Gasteiger partial charge is 0.262 e. The van der Waals surface area contributed by atoms with Crippen molar-refractivity contribution in [1.29, 1.82) is 0 Å². The highest BCUT2D eigenvalue weighted by atomic mass is 19.1. The van der Waals surface area contributed by atoms with Crippen LogP contribution in [0.15, 0.2) is 60.7 Å². The Balaban J connectivity index is 1.60. The van der Waals surface area contributed by atoms with Crippen LogP contribution in [0.2, 0.25) is 0 Å². The quantitative estimate of drug-likeness (QED) is 0.480. The summed E-state index contributed by atoms with van der Waals surface area (Å²) in [4.78, 5) is 12.3. The fourth-order valence-corrected chi connectivity index (χ4v) is 2.98. The molecule has 162 valence electrons. The van der Waals surface area contributed by atoms with Gasteiger partial charge in [0.05, 0.1) is 6.61 Å². The average Bonchev–Trinajstić information content (AvgIpc) is 2.75. The van der Waals surface area contributed by atoms with E-state index in [1.54, 1.807) is 18.2 Å². The van der Waals surface area contributed by atoms with E-state index < -0.39 is 0 Å². The highest BCUT2D eigenvalue weighted by Crippen LogP contribution is 2.29. The lowest BCUT2D eigenvalue weighted by molar-refractivity contribution is -0.118. The fraction of sp³-hybridized carbons (Fsp3) is 0.240. The molecule has 0 radical (unpaired) electrons. The molecule has 5 nitrogen and oxygen atoms in total. The van der Waals surface area contributed by atoms with Crippen molar-refractivity contribution in [3.63, 3.8) is 0 Å². The number of hydrogen-bond donors (Lipinski definition) is 2. The standard InChI is InChI=1S/C25H27FN2O3/c1-4-30-24-14-19(15-27-21-10-7-20(26)8-11-21)6-12-23(24)31-16-25(29)28-22-9-5-17(2)18(3)13-22/h5-14,27H,4,15-16H2,1-3H3,(H,28,29). The predicted octanol–water partition coefficient (Wildman–Crippen LogP) is 5.47. The highest BCUT2D eigenvalue weighted by Gasteiger charge is 2.10. The van der Waals surface area contributed by atoms with E-state index in [0.29, 0.717) is 24.7 Å². The average molecular weight is 423 g/mol. The Morgan fingerprint density at radius 1 is 0.871 bits per heavy atom. The van der Waals surface area contributed by atoms with Crippen LogP contribution >= 0.6 is 0 Å². The summed E-state index contributed by atoms with van der Waals surface area (Å²) < 4.78 is 24.4. The Labute approximate surface area is 182 Å². The molecule has 0 aliphatic carbocycles. The van der Waals surface area contributed by atoms with E-state index >= 15 is 0 Å². The first kappa shape index (κ1) is 22.2. The zero-order valence-electron chi connectivity index (χ0n) is 18.0. The molecule has 3 aromatic rings. The maximum Gasteiger partial charge on any atom is 0.262 e. The Bertz CT molecular complexity index is 1040. The Kier molecular flexibility index (Phi) is 7.49. The lowest BCUT2D eigenvalue weighted by Crippen LogP contribution is -2.20. The van der Waals surface area contributed by atoms with Crippen LogP contribution in [0.5, 0.6) is 11.5 Å². The van der Waals surface area contributed by atoms with E-state index in [-0.39, 0.29) is 18.3 Å². The Morgan fingerprint density at radius 2 is 1.61 bits per heavy atom. The van der Waals surface area contributed by atoms with Gasteiger partial charge in [0, 0.05) is 17.9 Å². The van der Waals surface area contributed by atoms with Gasteiger partial charge in [-0.15, -0.1) is 0 Å². The summed E-state index contributed by atoms with van der Waals surface area (Å²) in [5, 5.41) is 6.08. The van der Waals surface area contributed by atoms with Crippen molar-refractivity contribution in [1.82, 2.24) is 0 Å². The summed E-state index contributed by atoms with van der Waals surface area (Å²) in [6, 6.07) is 17.5. The van der Waals surface area contributed by atoms with E-state index in [0.717, 1.165) is 22.5 Å². The van der Waals surface area contributed by atoms with Gasteiger partial charge in [0.2, 0.25) is 0 Å². The van der Waals surface area contributed by atoms with Gasteiger partial charge in [0.15, 0.2) is 18.1 Å². The number of nitrogens with one attached hydrogen (secondary N) is 2. The minimum Gasteiger partial charge on any atom is -0.490 e. The maximum atomic E-state index is 13.0. The fourth-order valence-electron chi connectivity index (χ4n) is 2.98. The molecule has 0 aromatic heterocycles. The molecule has 0 bridgehead atoms. The van der Waals surface area contributed by atoms with Crippen LogP contribution in [0.4, 0.5) is 15.8 Å². The molecule has 2 N–H and O–H groups in total. The molecule has 0 saturated heterocycles. The van der Waals surface area contributed by atoms with Crippen LogP contribution in [0.3, 0.4) is 0 Å². The van der Waals surface area contributed by atoms with Gasteiger partial charge in [0.25, 0.3) is 5.91 Å². The summed E-state index contributed by atoms with van der Waals surface area (Å²) >= 11 is 0. The number of anilines is 2. The molecule has 0 aliphatic rings. The molecule has 3 rings (SSSR count). The topological polar surface area (TPSA) is 59.6 Å². The summed E-state index contributed by atoms with van der Waals surface area (Å²) in [6.45, 7) is 6.81. The normalized spacial score (nSPS) is 10.5. The van der Waals surface area contributed by atoms with E-state index in [4.69, 9.17) is 9.47 Å². The SMILES string of the molecule is CCOc1cc(CNc2ccc(F)cc2)ccc1OCC(=O)Nc1ccc(C)c(C)c1. The summed E-state index contributed by atoms with van der Waals surface area (Å²) in [6.07, 6.45) is 0. The summed E-state index contributed by atoms with van der Waals surface area (Å²) in [5.41, 5.74) is 4.82.